The van der Waals surface area contributed by atoms with E-state index in [0.29, 0.717) is 0 Å². The Morgan fingerprint density at radius 1 is 0.326 bits per heavy atom. The fraction of sp³-hybridized carbons (Fsp3) is 0.0370. The van der Waals surface area contributed by atoms with Crippen LogP contribution in [0.4, 0.5) is 17.1 Å². The molecule has 86 heavy (non-hydrogen) atoms. The zero-order chi connectivity index (χ0) is 58.1. The SMILES string of the molecule is CC1(C)c2ccccc2-c2ccc(N(c3ccccc3)c3ccc(-c4ccc5c(c4)c4ccccc4n5-c4ccccc4)cc3)cc21.O=P(c1ccccc1)(c1ccccc1)c1ccc([Si](c2ccccc2)(c2ccccc2)c2ccccc2)cc1. The molecule has 0 fully saturated rings. The molecule has 0 atom stereocenters. The Bertz CT molecular complexity index is 4570. The molecule has 15 rings (SSSR count). The fourth-order valence-electron chi connectivity index (χ4n) is 13.4. The van der Waals surface area contributed by atoms with Crippen LogP contribution in [0.15, 0.2) is 346 Å². The Hall–Kier alpha value is -10.1. The van der Waals surface area contributed by atoms with Gasteiger partial charge in [-0.2, -0.15) is 0 Å². The molecule has 412 valence electrons. The molecule has 0 bridgehead atoms. The molecule has 14 aromatic rings. The number of fused-ring (bicyclic) bond motifs is 6. The summed E-state index contributed by atoms with van der Waals surface area (Å²) in [5.74, 6) is 0. The average Bonchev–Trinajstić information content (AvgIpc) is 1.59. The van der Waals surface area contributed by atoms with Crippen molar-refractivity contribution in [2.75, 3.05) is 4.90 Å². The highest BCUT2D eigenvalue weighted by atomic mass is 31.2. The van der Waals surface area contributed by atoms with Crippen LogP contribution in [0.25, 0.3) is 49.7 Å². The number of benzene rings is 13. The van der Waals surface area contributed by atoms with Crippen LogP contribution in [0.2, 0.25) is 0 Å². The van der Waals surface area contributed by atoms with E-state index < -0.39 is 15.2 Å². The minimum absolute atomic E-state index is 0.0591. The average molecular weight is 1140 g/mol. The molecule has 3 nitrogen and oxygen atoms in total. The van der Waals surface area contributed by atoms with Gasteiger partial charge in [0.1, 0.15) is 0 Å². The molecule has 0 spiro atoms. The summed E-state index contributed by atoms with van der Waals surface area (Å²) >= 11 is 0. The Labute approximate surface area is 505 Å². The van der Waals surface area contributed by atoms with E-state index in [1.807, 2.05) is 60.7 Å². The van der Waals surface area contributed by atoms with Gasteiger partial charge in [-0.05, 0) is 121 Å². The monoisotopic (exact) mass is 1140 g/mol. The Kier molecular flexibility index (Phi) is 14.3. The molecule has 5 heteroatoms. The van der Waals surface area contributed by atoms with Gasteiger partial charge in [-0.1, -0.05) is 293 Å². The Morgan fingerprint density at radius 3 is 1.33 bits per heavy atom. The van der Waals surface area contributed by atoms with Gasteiger partial charge < -0.3 is 14.0 Å². The largest absolute Gasteiger partial charge is 0.310 e. The number of para-hydroxylation sites is 3. The lowest BCUT2D eigenvalue weighted by Gasteiger charge is -2.34. The maximum atomic E-state index is 15.0. The van der Waals surface area contributed by atoms with Crippen molar-refractivity contribution < 1.29 is 4.57 Å². The van der Waals surface area contributed by atoms with Gasteiger partial charge >= 0.3 is 0 Å². The van der Waals surface area contributed by atoms with Crippen molar-refractivity contribution in [1.82, 2.24) is 4.57 Å². The van der Waals surface area contributed by atoms with Crippen LogP contribution >= 0.6 is 7.14 Å². The minimum atomic E-state index is -3.05. The molecule has 1 aromatic heterocycles. The second-order valence-corrected chi connectivity index (χ2v) is 29.3. The van der Waals surface area contributed by atoms with Crippen molar-refractivity contribution in [3.05, 3.63) is 357 Å². The summed E-state index contributed by atoms with van der Waals surface area (Å²) in [5, 5.41) is 10.3. The molecular weight excluding hydrogens is 1080 g/mol. The lowest BCUT2D eigenvalue weighted by molar-refractivity contribution is 0.592. The normalized spacial score (nSPS) is 12.4. The topological polar surface area (TPSA) is 25.2 Å². The van der Waals surface area contributed by atoms with E-state index in [0.717, 1.165) is 27.3 Å². The second kappa shape index (κ2) is 22.8. The summed E-state index contributed by atoms with van der Waals surface area (Å²) in [6.07, 6.45) is 0. The van der Waals surface area contributed by atoms with E-state index in [2.05, 4.69) is 308 Å². The molecule has 1 heterocycles. The van der Waals surface area contributed by atoms with E-state index in [1.54, 1.807) is 0 Å². The number of nitrogens with zero attached hydrogens (tertiary/aromatic N) is 2. The smallest absolute Gasteiger partial charge is 0.179 e. The molecule has 13 aromatic carbocycles. The van der Waals surface area contributed by atoms with Crippen molar-refractivity contribution in [3.8, 4) is 27.9 Å². The Balaban J connectivity index is 0.000000155. The third-order valence-electron chi connectivity index (χ3n) is 17.5. The van der Waals surface area contributed by atoms with Crippen molar-refractivity contribution in [2.45, 2.75) is 19.3 Å². The number of hydrogen-bond donors (Lipinski definition) is 0. The fourth-order valence-corrected chi connectivity index (χ4v) is 20.8. The second-order valence-electron chi connectivity index (χ2n) is 22.7. The van der Waals surface area contributed by atoms with Gasteiger partial charge in [-0.3, -0.25) is 0 Å². The molecule has 1 aliphatic carbocycles. The highest BCUT2D eigenvalue weighted by Crippen LogP contribution is 2.51. The molecule has 0 N–H and O–H groups in total. The summed E-state index contributed by atoms with van der Waals surface area (Å²) < 4.78 is 17.4. The maximum absolute atomic E-state index is 15.0. The first kappa shape index (κ1) is 53.9. The number of hydrogen-bond acceptors (Lipinski definition) is 2. The van der Waals surface area contributed by atoms with Crippen molar-refractivity contribution in [1.29, 1.82) is 0 Å². The summed E-state index contributed by atoms with van der Waals surface area (Å²) in [7, 11) is -5.68. The predicted octanol–water partition coefficient (Wildman–Crippen LogP) is 16.9. The van der Waals surface area contributed by atoms with Crippen LogP contribution in [-0.4, -0.2) is 12.6 Å². The van der Waals surface area contributed by atoms with Gasteiger partial charge in [-0.15, -0.1) is 0 Å². The van der Waals surface area contributed by atoms with Crippen LogP contribution < -0.4 is 41.6 Å². The van der Waals surface area contributed by atoms with Gasteiger partial charge in [0.05, 0.1) is 11.0 Å². The molecule has 0 radical (unpaired) electrons. The van der Waals surface area contributed by atoms with Crippen LogP contribution in [0, 0.1) is 0 Å². The van der Waals surface area contributed by atoms with Gasteiger partial charge in [0.2, 0.25) is 0 Å². The molecular formula is C81H63N2OPSi. The maximum Gasteiger partial charge on any atom is 0.179 e. The summed E-state index contributed by atoms with van der Waals surface area (Å²) in [5.41, 5.74) is 14.9. The van der Waals surface area contributed by atoms with Crippen LogP contribution in [0.3, 0.4) is 0 Å². The zero-order valence-corrected chi connectivity index (χ0v) is 50.1. The van der Waals surface area contributed by atoms with Crippen LogP contribution in [-0.2, 0) is 9.98 Å². The Morgan fingerprint density at radius 2 is 0.744 bits per heavy atom. The van der Waals surface area contributed by atoms with Gasteiger partial charge in [0.15, 0.2) is 15.2 Å². The molecule has 0 saturated heterocycles. The minimum Gasteiger partial charge on any atom is -0.310 e. The standard InChI is InChI=1S/C45H34N2.C36H29OPSi/c1-45(2)41-19-11-9-17-37(41)38-27-26-36(30-42(38)45)46(33-13-5-3-6-14-33)35-24-21-31(22-25-35)32-23-28-44-40(29-32)39-18-10-12-20-43(39)47(44)34-15-7-4-8-16-34;37-38(30-16-6-1-7-17-30,31-18-8-2-9-19-31)32-26-28-36(29-27-32)39(33-20-10-3-11-21-33,34-22-12-4-13-23-34)35-24-14-5-15-25-35/h3-30H,1-2H3;1-29H. The summed E-state index contributed by atoms with van der Waals surface area (Å²) in [6, 6.07) is 123. The number of aromatic nitrogens is 1. The summed E-state index contributed by atoms with van der Waals surface area (Å²) in [4.78, 5) is 2.37. The first-order chi connectivity index (χ1) is 42.3. The van der Waals surface area contributed by atoms with Crippen molar-refractivity contribution >= 4 is 90.7 Å². The van der Waals surface area contributed by atoms with E-state index >= 15 is 4.57 Å². The lowest BCUT2D eigenvalue weighted by atomic mass is 9.82. The lowest BCUT2D eigenvalue weighted by Crippen LogP contribution is -2.74. The predicted molar refractivity (Wildman–Crippen MR) is 368 cm³/mol. The highest BCUT2D eigenvalue weighted by molar-refractivity contribution is 7.85. The van der Waals surface area contributed by atoms with E-state index in [9.17, 15) is 0 Å². The first-order valence-electron chi connectivity index (χ1n) is 29.6. The highest BCUT2D eigenvalue weighted by Gasteiger charge is 2.42. The summed E-state index contributed by atoms with van der Waals surface area (Å²) in [6.45, 7) is 4.69. The number of anilines is 3. The molecule has 0 unspecified atom stereocenters. The zero-order valence-electron chi connectivity index (χ0n) is 48.2. The molecule has 0 saturated carbocycles. The van der Waals surface area contributed by atoms with Crippen molar-refractivity contribution in [3.63, 3.8) is 0 Å². The third kappa shape index (κ3) is 9.45. The van der Waals surface area contributed by atoms with Gasteiger partial charge in [0, 0.05) is 54.9 Å². The third-order valence-corrected chi connectivity index (χ3v) is 25.4. The van der Waals surface area contributed by atoms with E-state index in [1.165, 1.54) is 87.3 Å². The van der Waals surface area contributed by atoms with E-state index in [4.69, 9.17) is 0 Å². The quantitative estimate of drug-likeness (QED) is 0.0692. The molecule has 0 amide bonds. The number of rotatable bonds is 12. The van der Waals surface area contributed by atoms with Gasteiger partial charge in [-0.25, -0.2) is 0 Å². The molecule has 0 aliphatic heterocycles. The van der Waals surface area contributed by atoms with Crippen molar-refractivity contribution in [2.24, 2.45) is 0 Å². The first-order valence-corrected chi connectivity index (χ1v) is 33.3. The van der Waals surface area contributed by atoms with Gasteiger partial charge in [0.25, 0.3) is 0 Å². The van der Waals surface area contributed by atoms with E-state index in [-0.39, 0.29) is 5.41 Å². The van der Waals surface area contributed by atoms with Crippen LogP contribution in [0.1, 0.15) is 25.0 Å². The van der Waals surface area contributed by atoms with Crippen LogP contribution in [0.5, 0.6) is 0 Å². The molecule has 1 aliphatic rings.